The van der Waals surface area contributed by atoms with Crippen molar-refractivity contribution in [3.05, 3.63) is 22.9 Å². The number of imidazole rings is 1. The Morgan fingerprint density at radius 2 is 1.95 bits per heavy atom. The molecule has 4 nitrogen and oxygen atoms in total. The number of nitrogens with zero attached hydrogens (tertiary/aromatic N) is 2. The third-order valence-electron chi connectivity index (χ3n) is 4.37. The van der Waals surface area contributed by atoms with Crippen molar-refractivity contribution in [1.29, 1.82) is 0 Å². The van der Waals surface area contributed by atoms with E-state index in [9.17, 15) is 4.79 Å². The van der Waals surface area contributed by atoms with Gasteiger partial charge in [-0.15, -0.1) is 0 Å². The minimum Gasteiger partial charge on any atom is -0.315 e. The Hall–Kier alpha value is -1.03. The van der Waals surface area contributed by atoms with Gasteiger partial charge in [-0.25, -0.2) is 4.79 Å². The van der Waals surface area contributed by atoms with E-state index in [2.05, 4.69) is 12.2 Å². The van der Waals surface area contributed by atoms with Crippen molar-refractivity contribution in [2.24, 2.45) is 5.92 Å². The largest absolute Gasteiger partial charge is 0.328 e. The molecule has 1 saturated carbocycles. The van der Waals surface area contributed by atoms with Gasteiger partial charge in [0.05, 0.1) is 0 Å². The number of rotatable bonds is 6. The Bertz CT molecular complexity index is 429. The molecule has 0 aromatic carbocycles. The maximum absolute atomic E-state index is 12.2. The van der Waals surface area contributed by atoms with E-state index in [4.69, 9.17) is 0 Å². The highest BCUT2D eigenvalue weighted by Gasteiger charge is 2.23. The summed E-state index contributed by atoms with van der Waals surface area (Å²) in [6.45, 7) is 3.72. The molecule has 1 aliphatic carbocycles. The minimum absolute atomic E-state index is 0.137. The molecule has 0 spiro atoms. The van der Waals surface area contributed by atoms with E-state index in [1.807, 2.05) is 28.6 Å². The van der Waals surface area contributed by atoms with Crippen LogP contribution in [0.3, 0.4) is 0 Å². The molecule has 1 fully saturated rings. The molecule has 1 unspecified atom stereocenters. The van der Waals surface area contributed by atoms with Crippen molar-refractivity contribution in [3.8, 4) is 0 Å². The molecule has 0 saturated heterocycles. The van der Waals surface area contributed by atoms with E-state index < -0.39 is 0 Å². The van der Waals surface area contributed by atoms with Crippen LogP contribution in [0.5, 0.6) is 0 Å². The summed E-state index contributed by atoms with van der Waals surface area (Å²) >= 11 is 0. The van der Waals surface area contributed by atoms with Gasteiger partial charge < -0.3 is 5.32 Å². The monoisotopic (exact) mass is 265 g/mol. The second-order valence-corrected chi connectivity index (χ2v) is 5.72. The third kappa shape index (κ3) is 3.50. The summed E-state index contributed by atoms with van der Waals surface area (Å²) < 4.78 is 3.68. The average Bonchev–Trinajstić information content (AvgIpc) is 2.79. The number of aryl methyl sites for hydroxylation is 1. The summed E-state index contributed by atoms with van der Waals surface area (Å²) in [5.41, 5.74) is 0.137. The molecule has 0 amide bonds. The first-order valence-electron chi connectivity index (χ1n) is 7.69. The zero-order chi connectivity index (χ0) is 13.7. The Balaban J connectivity index is 2.03. The van der Waals surface area contributed by atoms with Gasteiger partial charge in [0, 0.05) is 31.5 Å². The van der Waals surface area contributed by atoms with Gasteiger partial charge in [0.15, 0.2) is 0 Å². The van der Waals surface area contributed by atoms with E-state index in [-0.39, 0.29) is 5.69 Å². The summed E-state index contributed by atoms with van der Waals surface area (Å²) in [7, 11) is 2.02. The quantitative estimate of drug-likeness (QED) is 0.856. The van der Waals surface area contributed by atoms with Gasteiger partial charge in [-0.1, -0.05) is 26.2 Å². The van der Waals surface area contributed by atoms with Crippen molar-refractivity contribution in [2.75, 3.05) is 7.05 Å². The topological polar surface area (TPSA) is 39.0 Å². The molecule has 1 atom stereocenters. The zero-order valence-electron chi connectivity index (χ0n) is 12.3. The fourth-order valence-corrected chi connectivity index (χ4v) is 3.23. The van der Waals surface area contributed by atoms with E-state index >= 15 is 0 Å². The van der Waals surface area contributed by atoms with E-state index in [1.165, 1.54) is 32.1 Å². The lowest BCUT2D eigenvalue weighted by atomic mass is 9.84. The van der Waals surface area contributed by atoms with Crippen LogP contribution in [-0.4, -0.2) is 22.2 Å². The van der Waals surface area contributed by atoms with Crippen molar-refractivity contribution < 1.29 is 0 Å². The number of likely N-dealkylation sites (N-methyl/N-ethyl adjacent to an activating group) is 1. The van der Waals surface area contributed by atoms with Gasteiger partial charge in [-0.3, -0.25) is 9.13 Å². The standard InChI is InChI=1S/C15H27N3O/c1-3-9-17-10-11-18(15(17)19)12-14(16-2)13-7-5-4-6-8-13/h10-11,13-14,16H,3-9,12H2,1-2H3. The lowest BCUT2D eigenvalue weighted by molar-refractivity contribution is 0.255. The fraction of sp³-hybridized carbons (Fsp3) is 0.800. The summed E-state index contributed by atoms with van der Waals surface area (Å²) in [5.74, 6) is 0.722. The number of aromatic nitrogens is 2. The first-order chi connectivity index (χ1) is 9.26. The van der Waals surface area contributed by atoms with Gasteiger partial charge in [-0.05, 0) is 32.2 Å². The maximum atomic E-state index is 12.2. The fourth-order valence-electron chi connectivity index (χ4n) is 3.23. The highest BCUT2D eigenvalue weighted by atomic mass is 16.1. The van der Waals surface area contributed by atoms with Gasteiger partial charge in [-0.2, -0.15) is 0 Å². The van der Waals surface area contributed by atoms with Crippen LogP contribution in [0.4, 0.5) is 0 Å². The Labute approximate surface area is 115 Å². The summed E-state index contributed by atoms with van der Waals surface area (Å²) in [6.07, 6.45) is 11.5. The Morgan fingerprint density at radius 3 is 2.58 bits per heavy atom. The predicted octanol–water partition coefficient (Wildman–Crippen LogP) is 2.23. The van der Waals surface area contributed by atoms with Gasteiger partial charge in [0.2, 0.25) is 0 Å². The zero-order valence-corrected chi connectivity index (χ0v) is 12.3. The minimum atomic E-state index is 0.137. The molecule has 1 aromatic rings. The van der Waals surface area contributed by atoms with E-state index in [0.29, 0.717) is 6.04 Å². The SMILES string of the molecule is CCCn1ccn(CC(NC)C2CCCCC2)c1=O. The molecule has 108 valence electrons. The summed E-state index contributed by atoms with van der Waals surface area (Å²) in [4.78, 5) is 12.2. The smallest absolute Gasteiger partial charge is 0.315 e. The Morgan fingerprint density at radius 1 is 1.26 bits per heavy atom. The van der Waals surface area contributed by atoms with Crippen LogP contribution in [0.25, 0.3) is 0 Å². The van der Waals surface area contributed by atoms with E-state index in [1.54, 1.807) is 0 Å². The second kappa shape index (κ2) is 6.94. The molecule has 1 aliphatic rings. The van der Waals surface area contributed by atoms with Crippen LogP contribution in [0.1, 0.15) is 45.4 Å². The summed E-state index contributed by atoms with van der Waals surface area (Å²) in [5, 5.41) is 3.42. The molecule has 1 N–H and O–H groups in total. The number of hydrogen-bond acceptors (Lipinski definition) is 2. The number of nitrogens with one attached hydrogen (secondary N) is 1. The van der Waals surface area contributed by atoms with Crippen molar-refractivity contribution in [2.45, 2.75) is 64.6 Å². The highest BCUT2D eigenvalue weighted by Crippen LogP contribution is 2.26. The normalized spacial score (nSPS) is 18.6. The first-order valence-corrected chi connectivity index (χ1v) is 7.69. The van der Waals surface area contributed by atoms with Crippen molar-refractivity contribution in [3.63, 3.8) is 0 Å². The maximum Gasteiger partial charge on any atom is 0.328 e. The average molecular weight is 265 g/mol. The molecular formula is C15H27N3O. The van der Waals surface area contributed by atoms with E-state index in [0.717, 1.165) is 25.4 Å². The lowest BCUT2D eigenvalue weighted by Gasteiger charge is -2.30. The molecule has 0 bridgehead atoms. The lowest BCUT2D eigenvalue weighted by Crippen LogP contribution is -2.41. The van der Waals surface area contributed by atoms with Crippen LogP contribution < -0.4 is 11.0 Å². The molecule has 2 rings (SSSR count). The molecule has 19 heavy (non-hydrogen) atoms. The molecule has 1 aromatic heterocycles. The van der Waals surface area contributed by atoms with Crippen LogP contribution in [-0.2, 0) is 13.1 Å². The van der Waals surface area contributed by atoms with Gasteiger partial charge >= 0.3 is 5.69 Å². The summed E-state index contributed by atoms with van der Waals surface area (Å²) in [6, 6.07) is 0.426. The Kier molecular flexibility index (Phi) is 5.25. The molecule has 4 heteroatoms. The van der Waals surface area contributed by atoms with Crippen LogP contribution >= 0.6 is 0 Å². The predicted molar refractivity (Wildman–Crippen MR) is 78.4 cm³/mol. The molecular weight excluding hydrogens is 238 g/mol. The van der Waals surface area contributed by atoms with Crippen molar-refractivity contribution in [1.82, 2.24) is 14.5 Å². The van der Waals surface area contributed by atoms with Crippen LogP contribution in [0.15, 0.2) is 17.2 Å². The van der Waals surface area contributed by atoms with Gasteiger partial charge in [0.1, 0.15) is 0 Å². The number of hydrogen-bond donors (Lipinski definition) is 1. The second-order valence-electron chi connectivity index (χ2n) is 5.72. The van der Waals surface area contributed by atoms with Crippen molar-refractivity contribution >= 4 is 0 Å². The molecule has 1 heterocycles. The highest BCUT2D eigenvalue weighted by molar-refractivity contribution is 4.86. The van der Waals surface area contributed by atoms with Gasteiger partial charge in [0.25, 0.3) is 0 Å². The third-order valence-corrected chi connectivity index (χ3v) is 4.37. The van der Waals surface area contributed by atoms with Crippen LogP contribution in [0, 0.1) is 5.92 Å². The molecule has 0 aliphatic heterocycles. The molecule has 0 radical (unpaired) electrons. The first kappa shape index (κ1) is 14.4. The van der Waals surface area contributed by atoms with Crippen LogP contribution in [0.2, 0.25) is 0 Å².